The van der Waals surface area contributed by atoms with E-state index in [1.165, 1.54) is 0 Å². The third-order valence-electron chi connectivity index (χ3n) is 4.10. The Morgan fingerprint density at radius 1 is 1.40 bits per heavy atom. The van der Waals surface area contributed by atoms with E-state index in [2.05, 4.69) is 5.32 Å². The number of carbonyl (C=O) groups excluding carboxylic acids is 2. The van der Waals surface area contributed by atoms with Crippen LogP contribution in [0.3, 0.4) is 0 Å². The first-order chi connectivity index (χ1) is 9.61. The van der Waals surface area contributed by atoms with E-state index >= 15 is 0 Å². The van der Waals surface area contributed by atoms with Gasteiger partial charge in [-0.3, -0.25) is 9.59 Å². The summed E-state index contributed by atoms with van der Waals surface area (Å²) in [5.41, 5.74) is 5.38. The zero-order valence-corrected chi connectivity index (χ0v) is 12.1. The van der Waals surface area contributed by atoms with Gasteiger partial charge in [0.1, 0.15) is 0 Å². The molecule has 0 saturated carbocycles. The van der Waals surface area contributed by atoms with Crippen molar-refractivity contribution >= 4 is 11.8 Å². The Morgan fingerprint density at radius 2 is 2.20 bits per heavy atom. The molecule has 2 amide bonds. The molecule has 2 saturated heterocycles. The summed E-state index contributed by atoms with van der Waals surface area (Å²) in [6.45, 7) is 4.73. The largest absolute Gasteiger partial charge is 0.378 e. The maximum atomic E-state index is 12.4. The average molecular weight is 283 g/mol. The van der Waals surface area contributed by atoms with Gasteiger partial charge in [-0.05, 0) is 26.2 Å². The Balaban J connectivity index is 1.86. The smallest absolute Gasteiger partial charge is 0.228 e. The first-order valence-corrected chi connectivity index (χ1v) is 7.50. The lowest BCUT2D eigenvalue weighted by molar-refractivity contribution is -0.139. The Labute approximate surface area is 120 Å². The molecule has 3 N–H and O–H groups in total. The summed E-state index contributed by atoms with van der Waals surface area (Å²) in [6.07, 6.45) is 2.68. The molecule has 2 aliphatic heterocycles. The zero-order valence-electron chi connectivity index (χ0n) is 12.1. The third-order valence-corrected chi connectivity index (χ3v) is 4.10. The molecular formula is C14H25N3O3. The number of nitrogens with two attached hydrogens (primary N) is 1. The monoisotopic (exact) mass is 283 g/mol. The molecule has 6 nitrogen and oxygen atoms in total. The van der Waals surface area contributed by atoms with E-state index in [1.807, 2.05) is 11.8 Å². The van der Waals surface area contributed by atoms with Gasteiger partial charge in [-0.1, -0.05) is 0 Å². The Kier molecular flexibility index (Phi) is 5.37. The number of rotatable bonds is 4. The van der Waals surface area contributed by atoms with Crippen LogP contribution in [-0.2, 0) is 14.3 Å². The van der Waals surface area contributed by atoms with Crippen molar-refractivity contribution in [3.63, 3.8) is 0 Å². The Hall–Kier alpha value is -1.14. The second-order valence-electron chi connectivity index (χ2n) is 5.78. The van der Waals surface area contributed by atoms with Crippen LogP contribution in [0.4, 0.5) is 0 Å². The second kappa shape index (κ2) is 7.04. The van der Waals surface area contributed by atoms with Crippen molar-refractivity contribution in [1.82, 2.24) is 10.2 Å². The number of nitrogens with one attached hydrogen (secondary N) is 1. The molecular weight excluding hydrogens is 258 g/mol. The molecule has 2 rings (SSSR count). The van der Waals surface area contributed by atoms with Gasteiger partial charge in [0.15, 0.2) is 0 Å². The van der Waals surface area contributed by atoms with Crippen molar-refractivity contribution in [3.05, 3.63) is 0 Å². The third kappa shape index (κ3) is 3.70. The van der Waals surface area contributed by atoms with E-state index < -0.39 is 0 Å². The number of carbonyl (C=O) groups is 2. The summed E-state index contributed by atoms with van der Waals surface area (Å²) in [5.74, 6) is 0.0320. The highest BCUT2D eigenvalue weighted by atomic mass is 16.5. The zero-order chi connectivity index (χ0) is 14.5. The predicted molar refractivity (Wildman–Crippen MR) is 74.9 cm³/mol. The van der Waals surface area contributed by atoms with Crippen LogP contribution in [0.15, 0.2) is 0 Å². The summed E-state index contributed by atoms with van der Waals surface area (Å²) in [7, 11) is 0. The predicted octanol–water partition coefficient (Wildman–Crippen LogP) is -0.275. The lowest BCUT2D eigenvalue weighted by Crippen LogP contribution is -2.48. The second-order valence-corrected chi connectivity index (χ2v) is 5.78. The number of hydrogen-bond donors (Lipinski definition) is 2. The van der Waals surface area contributed by atoms with Gasteiger partial charge in [0, 0.05) is 26.2 Å². The number of likely N-dealkylation sites (tertiary alicyclic amines) is 1. The fourth-order valence-electron chi connectivity index (χ4n) is 2.98. The van der Waals surface area contributed by atoms with Crippen LogP contribution >= 0.6 is 0 Å². The number of amides is 2. The van der Waals surface area contributed by atoms with Crippen molar-refractivity contribution in [1.29, 1.82) is 0 Å². The van der Waals surface area contributed by atoms with Crippen LogP contribution in [0.5, 0.6) is 0 Å². The number of hydrogen-bond acceptors (Lipinski definition) is 4. The molecule has 0 aromatic carbocycles. The van der Waals surface area contributed by atoms with Crippen molar-refractivity contribution in [2.75, 3.05) is 32.8 Å². The van der Waals surface area contributed by atoms with E-state index in [9.17, 15) is 9.59 Å². The summed E-state index contributed by atoms with van der Waals surface area (Å²) < 4.78 is 5.46. The summed E-state index contributed by atoms with van der Waals surface area (Å²) >= 11 is 0. The van der Waals surface area contributed by atoms with Crippen molar-refractivity contribution < 1.29 is 14.3 Å². The first kappa shape index (κ1) is 15.3. The van der Waals surface area contributed by atoms with Crippen LogP contribution in [-0.4, -0.2) is 55.6 Å². The summed E-state index contributed by atoms with van der Waals surface area (Å²) in [4.78, 5) is 26.2. The number of nitrogens with zero attached hydrogens (tertiary/aromatic N) is 1. The molecule has 0 aromatic heterocycles. The highest BCUT2D eigenvalue weighted by Crippen LogP contribution is 2.24. The van der Waals surface area contributed by atoms with Crippen molar-refractivity contribution in [2.45, 2.75) is 32.3 Å². The number of ether oxygens (including phenoxy) is 1. The SMILES string of the molecule is CC1CC(C(=O)N2CCCC(C(=O)NCCN)C2)CO1. The molecule has 20 heavy (non-hydrogen) atoms. The van der Waals surface area contributed by atoms with Gasteiger partial charge in [-0.15, -0.1) is 0 Å². The molecule has 0 radical (unpaired) electrons. The average Bonchev–Trinajstić information content (AvgIpc) is 2.90. The maximum absolute atomic E-state index is 12.4. The van der Waals surface area contributed by atoms with Crippen LogP contribution in [0.25, 0.3) is 0 Å². The molecule has 0 aromatic rings. The van der Waals surface area contributed by atoms with Crippen LogP contribution in [0.2, 0.25) is 0 Å². The van der Waals surface area contributed by atoms with Gasteiger partial charge < -0.3 is 20.7 Å². The fourth-order valence-corrected chi connectivity index (χ4v) is 2.98. The standard InChI is InChI=1S/C14H25N3O3/c1-10-7-12(9-20-10)14(19)17-6-2-3-11(8-17)13(18)16-5-4-15/h10-12H,2-9,15H2,1H3,(H,16,18). The van der Waals surface area contributed by atoms with E-state index in [0.29, 0.717) is 26.2 Å². The lowest BCUT2D eigenvalue weighted by atomic mass is 9.95. The summed E-state index contributed by atoms with van der Waals surface area (Å²) in [6, 6.07) is 0. The summed E-state index contributed by atoms with van der Waals surface area (Å²) in [5, 5.41) is 2.81. The Morgan fingerprint density at radius 3 is 2.85 bits per heavy atom. The van der Waals surface area contributed by atoms with Crippen molar-refractivity contribution in [2.24, 2.45) is 17.6 Å². The molecule has 0 aliphatic carbocycles. The minimum absolute atomic E-state index is 0.0176. The minimum Gasteiger partial charge on any atom is -0.378 e. The Bertz CT molecular complexity index is 362. The van der Waals surface area contributed by atoms with Gasteiger partial charge >= 0.3 is 0 Å². The lowest BCUT2D eigenvalue weighted by Gasteiger charge is -2.33. The first-order valence-electron chi connectivity index (χ1n) is 7.50. The molecule has 114 valence electrons. The van der Waals surface area contributed by atoms with E-state index in [4.69, 9.17) is 10.5 Å². The number of piperidine rings is 1. The molecule has 6 heteroatoms. The van der Waals surface area contributed by atoms with E-state index in [0.717, 1.165) is 25.8 Å². The van der Waals surface area contributed by atoms with Crippen LogP contribution in [0, 0.1) is 11.8 Å². The van der Waals surface area contributed by atoms with Gasteiger partial charge in [0.05, 0.1) is 24.5 Å². The molecule has 3 atom stereocenters. The van der Waals surface area contributed by atoms with Crippen LogP contribution in [0.1, 0.15) is 26.2 Å². The van der Waals surface area contributed by atoms with E-state index in [-0.39, 0.29) is 29.8 Å². The van der Waals surface area contributed by atoms with Gasteiger partial charge in [0.25, 0.3) is 0 Å². The van der Waals surface area contributed by atoms with Gasteiger partial charge in [-0.25, -0.2) is 0 Å². The van der Waals surface area contributed by atoms with E-state index in [1.54, 1.807) is 0 Å². The van der Waals surface area contributed by atoms with Gasteiger partial charge in [0.2, 0.25) is 11.8 Å². The van der Waals surface area contributed by atoms with Crippen LogP contribution < -0.4 is 11.1 Å². The molecule has 0 spiro atoms. The molecule has 3 unspecified atom stereocenters. The molecule has 2 aliphatic rings. The fraction of sp³-hybridized carbons (Fsp3) is 0.857. The topological polar surface area (TPSA) is 84.7 Å². The molecule has 2 fully saturated rings. The van der Waals surface area contributed by atoms with Gasteiger partial charge in [-0.2, -0.15) is 0 Å². The highest BCUT2D eigenvalue weighted by molar-refractivity contribution is 5.82. The maximum Gasteiger partial charge on any atom is 0.228 e. The van der Waals surface area contributed by atoms with Crippen molar-refractivity contribution in [3.8, 4) is 0 Å². The normalized spacial score (nSPS) is 30.3. The molecule has 2 heterocycles. The minimum atomic E-state index is -0.0982. The molecule has 0 bridgehead atoms. The quantitative estimate of drug-likeness (QED) is 0.743. The highest BCUT2D eigenvalue weighted by Gasteiger charge is 2.35.